The van der Waals surface area contributed by atoms with E-state index in [1.54, 1.807) is 14.2 Å². The molecule has 0 radical (unpaired) electrons. The zero-order chi connectivity index (χ0) is 14.3. The highest BCUT2D eigenvalue weighted by Gasteiger charge is 2.09. The molecular weight excluding hydrogens is 242 g/mol. The maximum atomic E-state index is 11.6. The summed E-state index contributed by atoms with van der Waals surface area (Å²) in [7, 11) is 3.23. The number of ether oxygens (including phenoxy) is 2. The van der Waals surface area contributed by atoms with Gasteiger partial charge in [0.25, 0.3) is 0 Å². The lowest BCUT2D eigenvalue weighted by Gasteiger charge is -2.11. The molecule has 4 nitrogen and oxygen atoms in total. The molecule has 1 aromatic rings. The second-order valence-electron chi connectivity index (χ2n) is 4.54. The van der Waals surface area contributed by atoms with Gasteiger partial charge in [0, 0.05) is 12.5 Å². The molecule has 0 aromatic heterocycles. The molecule has 1 N–H and O–H groups in total. The monoisotopic (exact) mass is 265 g/mol. The Morgan fingerprint density at radius 2 is 1.95 bits per heavy atom. The molecule has 1 rings (SSSR count). The molecule has 0 fully saturated rings. The van der Waals surface area contributed by atoms with E-state index in [9.17, 15) is 4.79 Å². The third-order valence-corrected chi connectivity index (χ3v) is 3.22. The quantitative estimate of drug-likeness (QED) is 0.823. The fraction of sp³-hybridized carbons (Fsp3) is 0.533. The van der Waals surface area contributed by atoms with E-state index in [4.69, 9.17) is 9.47 Å². The van der Waals surface area contributed by atoms with Crippen molar-refractivity contribution in [1.29, 1.82) is 0 Å². The first-order chi connectivity index (χ1) is 9.12. The van der Waals surface area contributed by atoms with Crippen LogP contribution < -0.4 is 14.8 Å². The van der Waals surface area contributed by atoms with Gasteiger partial charge in [-0.15, -0.1) is 0 Å². The number of benzene rings is 1. The van der Waals surface area contributed by atoms with Crippen LogP contribution in [0.1, 0.15) is 25.8 Å². The second kappa shape index (κ2) is 7.67. The number of carbonyl (C=O) groups is 1. The zero-order valence-electron chi connectivity index (χ0n) is 12.2. The molecular formula is C15H23NO3. The minimum absolute atomic E-state index is 0.0744. The Labute approximate surface area is 115 Å². The lowest BCUT2D eigenvalue weighted by atomic mass is 10.1. The Hall–Kier alpha value is -1.71. The van der Waals surface area contributed by atoms with Crippen LogP contribution in [-0.4, -0.2) is 26.7 Å². The minimum atomic E-state index is 0.0744. The number of carbonyl (C=O) groups excluding carboxylic acids is 1. The van der Waals surface area contributed by atoms with E-state index in [1.165, 1.54) is 0 Å². The van der Waals surface area contributed by atoms with E-state index < -0.39 is 0 Å². The maximum absolute atomic E-state index is 11.6. The molecule has 0 saturated carbocycles. The molecule has 0 saturated heterocycles. The van der Waals surface area contributed by atoms with Crippen LogP contribution >= 0.6 is 0 Å². The molecule has 0 bridgehead atoms. The summed E-state index contributed by atoms with van der Waals surface area (Å²) < 4.78 is 10.4. The topological polar surface area (TPSA) is 47.6 Å². The highest BCUT2D eigenvalue weighted by Crippen LogP contribution is 2.27. The van der Waals surface area contributed by atoms with Gasteiger partial charge in [-0.25, -0.2) is 0 Å². The van der Waals surface area contributed by atoms with E-state index in [0.717, 1.165) is 24.2 Å². The molecule has 0 spiro atoms. The Morgan fingerprint density at radius 3 is 2.53 bits per heavy atom. The number of amides is 1. The average Bonchev–Trinajstić information content (AvgIpc) is 2.45. The fourth-order valence-corrected chi connectivity index (χ4v) is 1.73. The number of methoxy groups -OCH3 is 2. The van der Waals surface area contributed by atoms with E-state index in [-0.39, 0.29) is 11.8 Å². The van der Waals surface area contributed by atoms with E-state index in [1.807, 2.05) is 32.0 Å². The van der Waals surface area contributed by atoms with Crippen LogP contribution in [0.3, 0.4) is 0 Å². The van der Waals surface area contributed by atoms with Gasteiger partial charge in [0.05, 0.1) is 14.2 Å². The normalized spacial score (nSPS) is 11.8. The van der Waals surface area contributed by atoms with Crippen molar-refractivity contribution in [2.75, 3.05) is 20.8 Å². The third kappa shape index (κ3) is 4.47. The lowest BCUT2D eigenvalue weighted by molar-refractivity contribution is -0.124. The Balaban J connectivity index is 2.52. The number of hydrogen-bond acceptors (Lipinski definition) is 3. The fourth-order valence-electron chi connectivity index (χ4n) is 1.73. The summed E-state index contributed by atoms with van der Waals surface area (Å²) in [5, 5.41) is 2.94. The van der Waals surface area contributed by atoms with Gasteiger partial charge >= 0.3 is 0 Å². The number of nitrogens with one attached hydrogen (secondary N) is 1. The highest BCUT2D eigenvalue weighted by molar-refractivity contribution is 5.78. The van der Waals surface area contributed by atoms with Gasteiger partial charge in [0.1, 0.15) is 0 Å². The third-order valence-electron chi connectivity index (χ3n) is 3.22. The molecule has 1 amide bonds. The van der Waals surface area contributed by atoms with Crippen molar-refractivity contribution in [2.45, 2.75) is 26.7 Å². The van der Waals surface area contributed by atoms with Gasteiger partial charge in [-0.1, -0.05) is 19.9 Å². The molecule has 4 heteroatoms. The van der Waals surface area contributed by atoms with Crippen LogP contribution in [-0.2, 0) is 11.2 Å². The summed E-state index contributed by atoms with van der Waals surface area (Å²) in [5.74, 6) is 1.62. The van der Waals surface area contributed by atoms with Crippen LogP contribution in [0.4, 0.5) is 0 Å². The first kappa shape index (κ1) is 15.3. The van der Waals surface area contributed by atoms with Crippen molar-refractivity contribution >= 4 is 5.91 Å². The minimum Gasteiger partial charge on any atom is -0.493 e. The molecule has 106 valence electrons. The van der Waals surface area contributed by atoms with Crippen molar-refractivity contribution in [3.05, 3.63) is 23.8 Å². The summed E-state index contributed by atoms with van der Waals surface area (Å²) in [6, 6.07) is 5.80. The first-order valence-electron chi connectivity index (χ1n) is 6.61. The van der Waals surface area contributed by atoms with Crippen molar-refractivity contribution in [3.63, 3.8) is 0 Å². The zero-order valence-corrected chi connectivity index (χ0v) is 12.2. The summed E-state index contributed by atoms with van der Waals surface area (Å²) >= 11 is 0. The standard InChI is InChI=1S/C15H23NO3/c1-5-11(2)15(17)16-9-8-12-6-7-13(18-3)14(10-12)19-4/h6-7,10-11H,5,8-9H2,1-4H3,(H,16,17). The Kier molecular flexibility index (Phi) is 6.19. The molecule has 0 heterocycles. The van der Waals surface area contributed by atoms with Crippen LogP contribution in [0.2, 0.25) is 0 Å². The highest BCUT2D eigenvalue weighted by atomic mass is 16.5. The smallest absolute Gasteiger partial charge is 0.222 e. The van der Waals surface area contributed by atoms with Gasteiger partial charge in [-0.05, 0) is 30.5 Å². The SMILES string of the molecule is CCC(C)C(=O)NCCc1ccc(OC)c(OC)c1. The van der Waals surface area contributed by atoms with E-state index in [0.29, 0.717) is 12.3 Å². The van der Waals surface area contributed by atoms with E-state index >= 15 is 0 Å². The van der Waals surface area contributed by atoms with Crippen LogP contribution in [0.15, 0.2) is 18.2 Å². The van der Waals surface area contributed by atoms with E-state index in [2.05, 4.69) is 5.32 Å². The predicted molar refractivity (Wildman–Crippen MR) is 75.7 cm³/mol. The Morgan fingerprint density at radius 1 is 1.26 bits per heavy atom. The predicted octanol–water partition coefficient (Wildman–Crippen LogP) is 2.41. The van der Waals surface area contributed by atoms with Crippen molar-refractivity contribution < 1.29 is 14.3 Å². The lowest BCUT2D eigenvalue weighted by Crippen LogP contribution is -2.30. The first-order valence-corrected chi connectivity index (χ1v) is 6.61. The van der Waals surface area contributed by atoms with Gasteiger partial charge in [0.2, 0.25) is 5.91 Å². The molecule has 0 aliphatic carbocycles. The molecule has 19 heavy (non-hydrogen) atoms. The second-order valence-corrected chi connectivity index (χ2v) is 4.54. The van der Waals surface area contributed by atoms with Crippen LogP contribution in [0.25, 0.3) is 0 Å². The molecule has 0 aliphatic heterocycles. The number of rotatable bonds is 7. The molecule has 1 atom stereocenters. The van der Waals surface area contributed by atoms with Crippen molar-refractivity contribution in [1.82, 2.24) is 5.32 Å². The van der Waals surface area contributed by atoms with Crippen molar-refractivity contribution in [3.8, 4) is 11.5 Å². The van der Waals surface area contributed by atoms with Gasteiger partial charge in [-0.2, -0.15) is 0 Å². The molecule has 0 aliphatic rings. The van der Waals surface area contributed by atoms with Gasteiger partial charge in [-0.3, -0.25) is 4.79 Å². The van der Waals surface area contributed by atoms with Gasteiger partial charge < -0.3 is 14.8 Å². The summed E-state index contributed by atoms with van der Waals surface area (Å²) in [4.78, 5) is 11.6. The van der Waals surface area contributed by atoms with Crippen molar-refractivity contribution in [2.24, 2.45) is 5.92 Å². The molecule has 1 aromatic carbocycles. The average molecular weight is 265 g/mol. The molecule has 1 unspecified atom stereocenters. The summed E-state index contributed by atoms with van der Waals surface area (Å²) in [6.07, 6.45) is 1.64. The summed E-state index contributed by atoms with van der Waals surface area (Å²) in [6.45, 7) is 4.59. The largest absolute Gasteiger partial charge is 0.493 e. The Bertz CT molecular complexity index is 418. The van der Waals surface area contributed by atoms with Gasteiger partial charge in [0.15, 0.2) is 11.5 Å². The summed E-state index contributed by atoms with van der Waals surface area (Å²) in [5.41, 5.74) is 1.11. The van der Waals surface area contributed by atoms with Crippen LogP contribution in [0, 0.1) is 5.92 Å². The maximum Gasteiger partial charge on any atom is 0.222 e. The van der Waals surface area contributed by atoms with Crippen LogP contribution in [0.5, 0.6) is 11.5 Å². The number of hydrogen-bond donors (Lipinski definition) is 1.